The molecule has 2 heterocycles. The number of rotatable bonds is 6. The summed E-state index contributed by atoms with van der Waals surface area (Å²) < 4.78 is 10.9. The number of methoxy groups -OCH3 is 1. The molecule has 0 saturated carbocycles. The molecule has 2 aliphatic heterocycles. The third-order valence-electron chi connectivity index (χ3n) is 5.10. The molecule has 2 fully saturated rings. The molecule has 7 heteroatoms. The van der Waals surface area contributed by atoms with Crippen LogP contribution < -0.4 is 9.47 Å². The van der Waals surface area contributed by atoms with Gasteiger partial charge in [-0.05, 0) is 43.9 Å². The van der Waals surface area contributed by atoms with Crippen LogP contribution in [0.15, 0.2) is 12.1 Å². The van der Waals surface area contributed by atoms with Gasteiger partial charge in [-0.1, -0.05) is 18.5 Å². The van der Waals surface area contributed by atoms with Gasteiger partial charge < -0.3 is 14.4 Å². The molecule has 1 atom stereocenters. The molecule has 2 saturated heterocycles. The first-order valence-electron chi connectivity index (χ1n) is 8.61. The fraction of sp³-hybridized carbons (Fsp3) is 0.556. The van der Waals surface area contributed by atoms with E-state index in [2.05, 4.69) is 0 Å². The molecule has 6 nitrogen and oxygen atoms in total. The van der Waals surface area contributed by atoms with Crippen LogP contribution in [0.4, 0.5) is 4.79 Å². The number of carbonyl (C=O) groups excluding carboxylic acids is 2. The molecule has 1 aromatic rings. The molecule has 0 N–H and O–H groups in total. The maximum absolute atomic E-state index is 12.9. The lowest BCUT2D eigenvalue weighted by Crippen LogP contribution is -2.44. The highest BCUT2D eigenvalue weighted by Gasteiger charge is 2.58. The fourth-order valence-corrected chi connectivity index (χ4v) is 4.14. The second kappa shape index (κ2) is 6.75. The number of halogens is 1. The Hall–Kier alpha value is -1.95. The van der Waals surface area contributed by atoms with E-state index in [1.165, 1.54) is 12.0 Å². The number of ether oxygens (including phenoxy) is 2. The summed E-state index contributed by atoms with van der Waals surface area (Å²) in [6.45, 7) is 5.11. The monoisotopic (exact) mass is 366 g/mol. The van der Waals surface area contributed by atoms with Crippen molar-refractivity contribution in [3.05, 3.63) is 22.7 Å². The van der Waals surface area contributed by atoms with E-state index in [0.717, 1.165) is 18.4 Å². The third-order valence-corrected chi connectivity index (χ3v) is 5.38. The van der Waals surface area contributed by atoms with Crippen molar-refractivity contribution in [1.29, 1.82) is 0 Å². The number of hydrogen-bond donors (Lipinski definition) is 0. The summed E-state index contributed by atoms with van der Waals surface area (Å²) in [6.07, 6.45) is 2.25. The van der Waals surface area contributed by atoms with Crippen LogP contribution in [0.1, 0.15) is 38.7 Å². The number of hydrogen-bond acceptors (Lipinski definition) is 4. The minimum atomic E-state index is -0.657. The Morgan fingerprint density at radius 3 is 2.64 bits per heavy atom. The standard InChI is InChI=1S/C18H23ClN2O4/c1-4-18-7-6-8-21(18)17(23)20(16(18)22)11-12-9-13(19)15(25-5-2)14(10-12)24-3/h9-10H,4-8,11H2,1-3H3. The Morgan fingerprint density at radius 2 is 2.04 bits per heavy atom. The van der Waals surface area contributed by atoms with Crippen LogP contribution >= 0.6 is 11.6 Å². The van der Waals surface area contributed by atoms with E-state index in [1.807, 2.05) is 13.8 Å². The van der Waals surface area contributed by atoms with Crippen molar-refractivity contribution < 1.29 is 19.1 Å². The predicted molar refractivity (Wildman–Crippen MR) is 94.1 cm³/mol. The molecule has 0 spiro atoms. The summed E-state index contributed by atoms with van der Waals surface area (Å²) in [6, 6.07) is 3.27. The number of fused-ring (bicyclic) bond motifs is 1. The van der Waals surface area contributed by atoms with Gasteiger partial charge in [-0.2, -0.15) is 0 Å². The van der Waals surface area contributed by atoms with Crippen LogP contribution in [0, 0.1) is 0 Å². The molecule has 0 aliphatic carbocycles. The average Bonchev–Trinajstić information content (AvgIpc) is 3.12. The molecule has 2 aliphatic rings. The number of imide groups is 1. The van der Waals surface area contributed by atoms with Crippen molar-refractivity contribution in [2.75, 3.05) is 20.3 Å². The molecule has 3 amide bonds. The second-order valence-electron chi connectivity index (χ2n) is 6.36. The first kappa shape index (κ1) is 17.9. The molecule has 1 aromatic carbocycles. The van der Waals surface area contributed by atoms with E-state index < -0.39 is 5.54 Å². The van der Waals surface area contributed by atoms with Crippen molar-refractivity contribution in [1.82, 2.24) is 9.80 Å². The number of benzene rings is 1. The lowest BCUT2D eigenvalue weighted by atomic mass is 9.93. The number of urea groups is 1. The quantitative estimate of drug-likeness (QED) is 0.723. The molecule has 1 unspecified atom stereocenters. The number of nitrogens with zero attached hydrogens (tertiary/aromatic N) is 2. The maximum Gasteiger partial charge on any atom is 0.327 e. The van der Waals surface area contributed by atoms with Gasteiger partial charge in [-0.3, -0.25) is 9.69 Å². The minimum Gasteiger partial charge on any atom is -0.493 e. The summed E-state index contributed by atoms with van der Waals surface area (Å²) in [5.41, 5.74) is 0.0791. The SMILES string of the molecule is CCOc1c(Cl)cc(CN2C(=O)N3CCCC3(CC)C2=O)cc1OC. The largest absolute Gasteiger partial charge is 0.493 e. The minimum absolute atomic E-state index is 0.110. The van der Waals surface area contributed by atoms with Crippen molar-refractivity contribution in [3.63, 3.8) is 0 Å². The van der Waals surface area contributed by atoms with E-state index in [4.69, 9.17) is 21.1 Å². The Kier molecular flexibility index (Phi) is 4.82. The summed E-state index contributed by atoms with van der Waals surface area (Å²) >= 11 is 6.30. The Bertz CT molecular complexity index is 709. The van der Waals surface area contributed by atoms with Crippen molar-refractivity contribution in [3.8, 4) is 11.5 Å². The molecular formula is C18H23ClN2O4. The highest BCUT2D eigenvalue weighted by atomic mass is 35.5. The van der Waals surface area contributed by atoms with Gasteiger partial charge in [0.25, 0.3) is 5.91 Å². The highest BCUT2D eigenvalue weighted by Crippen LogP contribution is 2.42. The Labute approximate surface area is 152 Å². The van der Waals surface area contributed by atoms with E-state index >= 15 is 0 Å². The highest BCUT2D eigenvalue weighted by molar-refractivity contribution is 6.32. The number of carbonyl (C=O) groups is 2. The smallest absolute Gasteiger partial charge is 0.327 e. The first-order chi connectivity index (χ1) is 12.0. The van der Waals surface area contributed by atoms with Gasteiger partial charge in [-0.15, -0.1) is 0 Å². The van der Waals surface area contributed by atoms with Crippen LogP contribution in [0.25, 0.3) is 0 Å². The van der Waals surface area contributed by atoms with Crippen molar-refractivity contribution in [2.45, 2.75) is 45.2 Å². The Balaban J connectivity index is 1.89. The second-order valence-corrected chi connectivity index (χ2v) is 6.76. The molecule has 136 valence electrons. The maximum atomic E-state index is 12.9. The lowest BCUT2D eigenvalue weighted by Gasteiger charge is -2.26. The van der Waals surface area contributed by atoms with Gasteiger partial charge in [0.2, 0.25) is 0 Å². The van der Waals surface area contributed by atoms with E-state index in [9.17, 15) is 9.59 Å². The molecule has 25 heavy (non-hydrogen) atoms. The van der Waals surface area contributed by atoms with Gasteiger partial charge >= 0.3 is 6.03 Å². The molecule has 0 aromatic heterocycles. The van der Waals surface area contributed by atoms with Gasteiger partial charge in [0.05, 0.1) is 25.3 Å². The normalized spacial score (nSPS) is 22.6. The van der Waals surface area contributed by atoms with Crippen LogP contribution in [0.2, 0.25) is 5.02 Å². The zero-order valence-electron chi connectivity index (χ0n) is 14.8. The topological polar surface area (TPSA) is 59.1 Å². The van der Waals surface area contributed by atoms with Crippen LogP contribution in [0.3, 0.4) is 0 Å². The van der Waals surface area contributed by atoms with Crippen molar-refractivity contribution >= 4 is 23.5 Å². The molecule has 0 bridgehead atoms. The molecule has 3 rings (SSSR count). The first-order valence-corrected chi connectivity index (χ1v) is 8.99. The third kappa shape index (κ3) is 2.72. The molecule has 0 radical (unpaired) electrons. The van der Waals surface area contributed by atoms with E-state index in [-0.39, 0.29) is 18.5 Å². The number of amides is 3. The van der Waals surface area contributed by atoms with Crippen LogP contribution in [0.5, 0.6) is 11.5 Å². The van der Waals surface area contributed by atoms with Gasteiger partial charge in [0.15, 0.2) is 11.5 Å². The Morgan fingerprint density at radius 1 is 1.28 bits per heavy atom. The average molecular weight is 367 g/mol. The summed E-state index contributed by atoms with van der Waals surface area (Å²) in [4.78, 5) is 28.7. The fourth-order valence-electron chi connectivity index (χ4n) is 3.85. The van der Waals surface area contributed by atoms with Gasteiger partial charge in [0.1, 0.15) is 5.54 Å². The summed E-state index contributed by atoms with van der Waals surface area (Å²) in [7, 11) is 1.53. The van der Waals surface area contributed by atoms with E-state index in [1.54, 1.807) is 17.0 Å². The van der Waals surface area contributed by atoms with Gasteiger partial charge in [-0.25, -0.2) is 4.79 Å². The van der Waals surface area contributed by atoms with Crippen molar-refractivity contribution in [2.24, 2.45) is 0 Å². The summed E-state index contributed by atoms with van der Waals surface area (Å²) in [5.74, 6) is 0.857. The van der Waals surface area contributed by atoms with Gasteiger partial charge in [0, 0.05) is 6.54 Å². The zero-order chi connectivity index (χ0) is 18.2. The molecular weight excluding hydrogens is 344 g/mol. The van der Waals surface area contributed by atoms with Crippen LogP contribution in [-0.2, 0) is 11.3 Å². The lowest BCUT2D eigenvalue weighted by molar-refractivity contribution is -0.133. The zero-order valence-corrected chi connectivity index (χ0v) is 15.6. The van der Waals surface area contributed by atoms with Crippen LogP contribution in [-0.4, -0.2) is 47.5 Å². The van der Waals surface area contributed by atoms with E-state index in [0.29, 0.717) is 36.1 Å². The summed E-state index contributed by atoms with van der Waals surface area (Å²) in [5, 5.41) is 0.404. The predicted octanol–water partition coefficient (Wildman–Crippen LogP) is 3.45.